The second-order valence-corrected chi connectivity index (χ2v) is 4.66. The third-order valence-corrected chi connectivity index (χ3v) is 3.13. The summed E-state index contributed by atoms with van der Waals surface area (Å²) in [5.41, 5.74) is 0. The minimum Gasteiger partial charge on any atom is -0.377 e. The quantitative estimate of drug-likeness (QED) is 0.686. The molecule has 1 N–H and O–H groups in total. The topological polar surface area (TPSA) is 24.5 Å². The Labute approximate surface area is 101 Å². The Balaban J connectivity index is 2.06. The molecular weight excluding hydrogens is 200 g/mol. The van der Waals surface area contributed by atoms with Crippen LogP contribution in [0.25, 0.3) is 0 Å². The van der Waals surface area contributed by atoms with E-state index < -0.39 is 0 Å². The fourth-order valence-corrected chi connectivity index (χ4v) is 2.28. The van der Waals surface area contributed by atoms with Crippen molar-refractivity contribution in [2.75, 3.05) is 39.3 Å². The zero-order chi connectivity index (χ0) is 11.6. The summed E-state index contributed by atoms with van der Waals surface area (Å²) in [6, 6.07) is 0. The van der Waals surface area contributed by atoms with Gasteiger partial charge in [0.1, 0.15) is 0 Å². The lowest BCUT2D eigenvalue weighted by Gasteiger charge is -2.25. The van der Waals surface area contributed by atoms with E-state index in [0.29, 0.717) is 6.10 Å². The minimum absolute atomic E-state index is 0.506. The normalized spacial score (nSPS) is 18.2. The predicted octanol–water partition coefficient (Wildman–Crippen LogP) is 1.88. The van der Waals surface area contributed by atoms with Crippen LogP contribution in [0, 0.1) is 0 Å². The highest BCUT2D eigenvalue weighted by Gasteiger charge is 2.13. The third kappa shape index (κ3) is 5.83. The van der Waals surface area contributed by atoms with Gasteiger partial charge in [0.15, 0.2) is 0 Å². The second kappa shape index (κ2) is 8.97. The largest absolute Gasteiger partial charge is 0.377 e. The molecule has 96 valence electrons. The first kappa shape index (κ1) is 13.9. The molecule has 0 aromatic rings. The Morgan fingerprint density at radius 2 is 1.69 bits per heavy atom. The number of nitrogens with one attached hydrogen (secondary N) is 1. The molecule has 0 radical (unpaired) electrons. The van der Waals surface area contributed by atoms with Crippen molar-refractivity contribution in [1.29, 1.82) is 0 Å². The second-order valence-electron chi connectivity index (χ2n) is 4.66. The van der Waals surface area contributed by atoms with Crippen molar-refractivity contribution in [1.82, 2.24) is 10.2 Å². The lowest BCUT2D eigenvalue weighted by atomic mass is 10.1. The average Bonchev–Trinajstić information content (AvgIpc) is 2.31. The molecule has 1 fully saturated rings. The van der Waals surface area contributed by atoms with E-state index in [9.17, 15) is 0 Å². The lowest BCUT2D eigenvalue weighted by Crippen LogP contribution is -2.35. The zero-order valence-electron chi connectivity index (χ0n) is 11.0. The molecule has 1 aliphatic rings. The van der Waals surface area contributed by atoms with Gasteiger partial charge in [-0.1, -0.05) is 13.8 Å². The van der Waals surface area contributed by atoms with E-state index in [1.165, 1.54) is 38.8 Å². The Bertz CT molecular complexity index is 152. The highest BCUT2D eigenvalue weighted by molar-refractivity contribution is 4.68. The van der Waals surface area contributed by atoms with E-state index in [2.05, 4.69) is 24.1 Å². The summed E-state index contributed by atoms with van der Waals surface area (Å²) in [6.45, 7) is 11.2. The molecule has 0 aromatic heterocycles. The van der Waals surface area contributed by atoms with Gasteiger partial charge in [-0.05, 0) is 51.9 Å². The van der Waals surface area contributed by atoms with Crippen LogP contribution in [0.15, 0.2) is 0 Å². The van der Waals surface area contributed by atoms with Crippen molar-refractivity contribution in [2.24, 2.45) is 0 Å². The number of rotatable bonds is 8. The number of nitrogens with zero attached hydrogens (tertiary/aromatic N) is 1. The van der Waals surface area contributed by atoms with Gasteiger partial charge < -0.3 is 15.0 Å². The zero-order valence-corrected chi connectivity index (χ0v) is 11.0. The van der Waals surface area contributed by atoms with Gasteiger partial charge in [-0.2, -0.15) is 0 Å². The van der Waals surface area contributed by atoms with Crippen molar-refractivity contribution in [3.63, 3.8) is 0 Å². The molecule has 0 aromatic carbocycles. The molecule has 0 spiro atoms. The molecule has 3 heteroatoms. The Morgan fingerprint density at radius 3 is 2.25 bits per heavy atom. The van der Waals surface area contributed by atoms with Crippen LogP contribution in [0.2, 0.25) is 0 Å². The van der Waals surface area contributed by atoms with E-state index in [1.54, 1.807) is 0 Å². The van der Waals surface area contributed by atoms with Crippen LogP contribution in [0.1, 0.15) is 39.5 Å². The van der Waals surface area contributed by atoms with Gasteiger partial charge in [-0.3, -0.25) is 0 Å². The summed E-state index contributed by atoms with van der Waals surface area (Å²) < 4.78 is 5.92. The monoisotopic (exact) mass is 228 g/mol. The fraction of sp³-hybridized carbons (Fsp3) is 1.00. The smallest absolute Gasteiger partial charge is 0.0600 e. The number of hydrogen-bond donors (Lipinski definition) is 1. The van der Waals surface area contributed by atoms with Crippen LogP contribution in [-0.2, 0) is 4.74 Å². The van der Waals surface area contributed by atoms with Crippen molar-refractivity contribution in [3.05, 3.63) is 0 Å². The Kier molecular flexibility index (Phi) is 7.81. The maximum absolute atomic E-state index is 5.92. The maximum atomic E-state index is 5.92. The molecule has 0 saturated carbocycles. The van der Waals surface area contributed by atoms with Gasteiger partial charge in [0.05, 0.1) is 12.7 Å². The summed E-state index contributed by atoms with van der Waals surface area (Å²) in [7, 11) is 0. The van der Waals surface area contributed by atoms with Crippen molar-refractivity contribution in [2.45, 2.75) is 45.6 Å². The van der Waals surface area contributed by atoms with Crippen molar-refractivity contribution >= 4 is 0 Å². The summed E-state index contributed by atoms with van der Waals surface area (Å²) in [5.74, 6) is 0. The summed E-state index contributed by atoms with van der Waals surface area (Å²) in [5, 5.41) is 3.36. The fourth-order valence-electron chi connectivity index (χ4n) is 2.28. The lowest BCUT2D eigenvalue weighted by molar-refractivity contribution is 0.0201. The Morgan fingerprint density at radius 1 is 1.06 bits per heavy atom. The van der Waals surface area contributed by atoms with Gasteiger partial charge in [0, 0.05) is 6.54 Å². The predicted molar refractivity (Wildman–Crippen MR) is 68.9 cm³/mol. The molecule has 16 heavy (non-hydrogen) atoms. The first-order valence-electron chi connectivity index (χ1n) is 6.91. The standard InChI is InChI=1S/C13H28N2O/c1-3-9-15(10-4-2)11-12-16-13-5-7-14-8-6-13/h13-14H,3-12H2,1-2H3. The number of ether oxygens (including phenoxy) is 1. The molecule has 1 saturated heterocycles. The molecule has 3 nitrogen and oxygen atoms in total. The van der Waals surface area contributed by atoms with E-state index in [-0.39, 0.29) is 0 Å². The molecule has 1 aliphatic heterocycles. The molecule has 0 atom stereocenters. The van der Waals surface area contributed by atoms with E-state index >= 15 is 0 Å². The highest BCUT2D eigenvalue weighted by Crippen LogP contribution is 2.07. The maximum Gasteiger partial charge on any atom is 0.0600 e. The van der Waals surface area contributed by atoms with Gasteiger partial charge in [-0.25, -0.2) is 0 Å². The van der Waals surface area contributed by atoms with Gasteiger partial charge in [0.2, 0.25) is 0 Å². The summed E-state index contributed by atoms with van der Waals surface area (Å²) >= 11 is 0. The highest BCUT2D eigenvalue weighted by atomic mass is 16.5. The van der Waals surface area contributed by atoms with Gasteiger partial charge in [-0.15, -0.1) is 0 Å². The van der Waals surface area contributed by atoms with Crippen LogP contribution >= 0.6 is 0 Å². The first-order chi connectivity index (χ1) is 7.86. The Hall–Kier alpha value is -0.120. The minimum atomic E-state index is 0.506. The molecule has 0 aliphatic carbocycles. The summed E-state index contributed by atoms with van der Waals surface area (Å²) in [6.07, 6.45) is 5.36. The van der Waals surface area contributed by atoms with E-state index in [4.69, 9.17) is 4.74 Å². The SMILES string of the molecule is CCCN(CCC)CCOC1CCNCC1. The van der Waals surface area contributed by atoms with Crippen molar-refractivity contribution < 1.29 is 4.74 Å². The van der Waals surface area contributed by atoms with Crippen LogP contribution in [-0.4, -0.2) is 50.3 Å². The molecular formula is C13H28N2O. The molecule has 1 rings (SSSR count). The number of hydrogen-bond acceptors (Lipinski definition) is 3. The van der Waals surface area contributed by atoms with Crippen LogP contribution in [0.4, 0.5) is 0 Å². The van der Waals surface area contributed by atoms with Gasteiger partial charge in [0.25, 0.3) is 0 Å². The molecule has 1 heterocycles. The molecule has 0 amide bonds. The van der Waals surface area contributed by atoms with E-state index in [1.807, 2.05) is 0 Å². The van der Waals surface area contributed by atoms with Crippen LogP contribution < -0.4 is 5.32 Å². The first-order valence-corrected chi connectivity index (χ1v) is 6.91. The average molecular weight is 228 g/mol. The van der Waals surface area contributed by atoms with Crippen LogP contribution in [0.3, 0.4) is 0 Å². The van der Waals surface area contributed by atoms with E-state index in [0.717, 1.165) is 26.2 Å². The molecule has 0 bridgehead atoms. The van der Waals surface area contributed by atoms with Crippen LogP contribution in [0.5, 0.6) is 0 Å². The summed E-state index contributed by atoms with van der Waals surface area (Å²) in [4.78, 5) is 2.51. The third-order valence-electron chi connectivity index (χ3n) is 3.13. The van der Waals surface area contributed by atoms with Gasteiger partial charge >= 0.3 is 0 Å². The van der Waals surface area contributed by atoms with Crippen molar-refractivity contribution in [3.8, 4) is 0 Å². The molecule has 0 unspecified atom stereocenters. The number of piperidine rings is 1.